The van der Waals surface area contributed by atoms with Crippen LogP contribution in [-0.2, 0) is 0 Å². The van der Waals surface area contributed by atoms with Crippen molar-refractivity contribution in [3.05, 3.63) is 28.8 Å². The van der Waals surface area contributed by atoms with E-state index >= 15 is 0 Å². The van der Waals surface area contributed by atoms with Crippen LogP contribution in [0, 0.1) is 0 Å². The van der Waals surface area contributed by atoms with Gasteiger partial charge in [-0.25, -0.2) is 5.43 Å². The normalized spacial score (nSPS) is 12.5. The van der Waals surface area contributed by atoms with Crippen LogP contribution in [0.25, 0.3) is 0 Å². The minimum absolute atomic E-state index is 0.113. The Labute approximate surface area is 94.7 Å². The van der Waals surface area contributed by atoms with Crippen LogP contribution in [0.2, 0.25) is 5.02 Å². The van der Waals surface area contributed by atoms with Crippen molar-refractivity contribution in [3.63, 3.8) is 0 Å². The number of rotatable bonds is 5. The van der Waals surface area contributed by atoms with Gasteiger partial charge < -0.3 is 10.1 Å². The Morgan fingerprint density at radius 2 is 2.27 bits per heavy atom. The largest absolute Gasteiger partial charge is 0.492 e. The van der Waals surface area contributed by atoms with Crippen molar-refractivity contribution >= 4 is 11.6 Å². The van der Waals surface area contributed by atoms with Crippen molar-refractivity contribution < 1.29 is 4.74 Å². The van der Waals surface area contributed by atoms with Gasteiger partial charge in [0.05, 0.1) is 17.8 Å². The first kappa shape index (κ1) is 12.3. The maximum Gasteiger partial charge on any atom is 0.137 e. The molecule has 0 aliphatic rings. The van der Waals surface area contributed by atoms with E-state index < -0.39 is 0 Å². The van der Waals surface area contributed by atoms with E-state index in [9.17, 15) is 0 Å². The van der Waals surface area contributed by atoms with Crippen LogP contribution in [0.15, 0.2) is 18.2 Å². The van der Waals surface area contributed by atoms with Crippen LogP contribution in [0.3, 0.4) is 0 Å². The van der Waals surface area contributed by atoms with Gasteiger partial charge in [-0.3, -0.25) is 5.84 Å². The smallest absolute Gasteiger partial charge is 0.137 e. The van der Waals surface area contributed by atoms with E-state index in [1.54, 1.807) is 0 Å². The molecule has 0 radical (unpaired) electrons. The molecule has 4 nitrogen and oxygen atoms in total. The molecule has 0 aromatic heterocycles. The summed E-state index contributed by atoms with van der Waals surface area (Å²) in [4.78, 5) is 0. The number of nitrogens with one attached hydrogen (secondary N) is 2. The Morgan fingerprint density at radius 3 is 2.73 bits per heavy atom. The highest BCUT2D eigenvalue weighted by Gasteiger charge is 2.09. The predicted molar refractivity (Wildman–Crippen MR) is 61.7 cm³/mol. The quantitative estimate of drug-likeness (QED) is 0.406. The summed E-state index contributed by atoms with van der Waals surface area (Å²) in [5, 5.41) is 3.60. The molecule has 1 aromatic rings. The van der Waals surface area contributed by atoms with Crippen molar-refractivity contribution in [1.82, 2.24) is 10.7 Å². The lowest BCUT2D eigenvalue weighted by Gasteiger charge is -2.16. The van der Waals surface area contributed by atoms with Gasteiger partial charge in [0.2, 0.25) is 0 Å². The third-order valence-corrected chi connectivity index (χ3v) is 2.34. The Balaban J connectivity index is 2.89. The molecule has 15 heavy (non-hydrogen) atoms. The highest BCUT2D eigenvalue weighted by Crippen LogP contribution is 2.27. The molecule has 84 valence electrons. The molecule has 1 unspecified atom stereocenters. The number of benzene rings is 1. The first-order valence-electron chi connectivity index (χ1n) is 4.78. The van der Waals surface area contributed by atoms with E-state index in [1.807, 2.05) is 32.2 Å². The topological polar surface area (TPSA) is 59.3 Å². The first-order valence-corrected chi connectivity index (χ1v) is 5.16. The van der Waals surface area contributed by atoms with Gasteiger partial charge in [0.25, 0.3) is 0 Å². The zero-order valence-corrected chi connectivity index (χ0v) is 9.64. The second kappa shape index (κ2) is 5.92. The molecule has 1 rings (SSSR count). The lowest BCUT2D eigenvalue weighted by atomic mass is 10.1. The van der Waals surface area contributed by atoms with Crippen LogP contribution < -0.4 is 21.3 Å². The Morgan fingerprint density at radius 1 is 1.53 bits per heavy atom. The van der Waals surface area contributed by atoms with E-state index in [2.05, 4.69) is 10.7 Å². The third kappa shape index (κ3) is 3.07. The lowest BCUT2D eigenvalue weighted by Crippen LogP contribution is -2.36. The van der Waals surface area contributed by atoms with Crippen LogP contribution in [-0.4, -0.2) is 13.7 Å². The van der Waals surface area contributed by atoms with Gasteiger partial charge in [-0.1, -0.05) is 17.7 Å². The molecule has 4 N–H and O–H groups in total. The molecule has 0 amide bonds. The molecule has 0 saturated heterocycles. The Bertz CT molecular complexity index is 316. The molecule has 0 heterocycles. The molecule has 0 aliphatic heterocycles. The Kier molecular flexibility index (Phi) is 4.84. The van der Waals surface area contributed by atoms with Crippen LogP contribution in [0.5, 0.6) is 5.75 Å². The van der Waals surface area contributed by atoms with Gasteiger partial charge in [-0.05, 0) is 31.7 Å². The number of nitrogens with two attached hydrogens (primary N) is 1. The minimum atomic E-state index is -0.113. The van der Waals surface area contributed by atoms with Crippen molar-refractivity contribution in [3.8, 4) is 5.75 Å². The zero-order valence-electron chi connectivity index (χ0n) is 8.88. The van der Waals surface area contributed by atoms with Crippen molar-refractivity contribution in [2.75, 3.05) is 13.7 Å². The van der Waals surface area contributed by atoms with Crippen molar-refractivity contribution in [2.24, 2.45) is 5.84 Å². The summed E-state index contributed by atoms with van der Waals surface area (Å²) in [6.45, 7) is 2.52. The minimum Gasteiger partial charge on any atom is -0.492 e. The summed E-state index contributed by atoms with van der Waals surface area (Å²) in [6.07, 6.45) is -0.113. The second-order valence-electron chi connectivity index (χ2n) is 3.01. The highest BCUT2D eigenvalue weighted by atomic mass is 35.5. The average molecular weight is 230 g/mol. The maximum atomic E-state index is 6.04. The van der Waals surface area contributed by atoms with Gasteiger partial charge in [-0.15, -0.1) is 0 Å². The summed E-state index contributed by atoms with van der Waals surface area (Å²) in [5.74, 6) is 6.06. The SMILES string of the molecule is CCOc1ccc(C(NC)NN)cc1Cl. The second-order valence-corrected chi connectivity index (χ2v) is 3.42. The monoisotopic (exact) mass is 229 g/mol. The van der Waals surface area contributed by atoms with Crippen molar-refractivity contribution in [1.29, 1.82) is 0 Å². The fourth-order valence-electron chi connectivity index (χ4n) is 1.32. The summed E-state index contributed by atoms with van der Waals surface area (Å²) < 4.78 is 5.33. The molecular formula is C10H16ClN3O. The van der Waals surface area contributed by atoms with Crippen molar-refractivity contribution in [2.45, 2.75) is 13.1 Å². The molecule has 1 aromatic carbocycles. The molecular weight excluding hydrogens is 214 g/mol. The van der Waals surface area contributed by atoms with E-state index in [-0.39, 0.29) is 6.17 Å². The number of halogens is 1. The molecule has 0 aliphatic carbocycles. The van der Waals surface area contributed by atoms with Crippen LogP contribution in [0.1, 0.15) is 18.7 Å². The number of ether oxygens (including phenoxy) is 1. The van der Waals surface area contributed by atoms with Gasteiger partial charge in [0.15, 0.2) is 0 Å². The number of hydrogen-bond donors (Lipinski definition) is 3. The van der Waals surface area contributed by atoms with E-state index in [4.69, 9.17) is 22.2 Å². The highest BCUT2D eigenvalue weighted by molar-refractivity contribution is 6.32. The van der Waals surface area contributed by atoms with Gasteiger partial charge in [0.1, 0.15) is 5.75 Å². The molecule has 0 saturated carbocycles. The maximum absolute atomic E-state index is 6.04. The fraction of sp³-hybridized carbons (Fsp3) is 0.400. The molecule has 1 atom stereocenters. The zero-order chi connectivity index (χ0) is 11.3. The van der Waals surface area contributed by atoms with Gasteiger partial charge in [-0.2, -0.15) is 0 Å². The van der Waals surface area contributed by atoms with E-state index in [0.717, 1.165) is 5.56 Å². The first-order chi connectivity index (χ1) is 7.22. The average Bonchev–Trinajstić information content (AvgIpc) is 2.24. The predicted octanol–water partition coefficient (Wildman–Crippen LogP) is 1.42. The van der Waals surface area contributed by atoms with E-state index in [0.29, 0.717) is 17.4 Å². The number of hydrogen-bond acceptors (Lipinski definition) is 4. The summed E-state index contributed by atoms with van der Waals surface area (Å²) >= 11 is 6.04. The molecule has 0 spiro atoms. The molecule has 5 heteroatoms. The fourth-order valence-corrected chi connectivity index (χ4v) is 1.56. The lowest BCUT2D eigenvalue weighted by molar-refractivity contribution is 0.340. The van der Waals surface area contributed by atoms with Gasteiger partial charge in [0, 0.05) is 0 Å². The summed E-state index contributed by atoms with van der Waals surface area (Å²) in [5.41, 5.74) is 3.60. The number of hydrazine groups is 1. The Hall–Kier alpha value is -0.810. The van der Waals surface area contributed by atoms with Crippen LogP contribution in [0.4, 0.5) is 0 Å². The van der Waals surface area contributed by atoms with Crippen LogP contribution >= 0.6 is 11.6 Å². The van der Waals surface area contributed by atoms with E-state index in [1.165, 1.54) is 0 Å². The summed E-state index contributed by atoms with van der Waals surface area (Å²) in [6, 6.07) is 5.58. The summed E-state index contributed by atoms with van der Waals surface area (Å²) in [7, 11) is 1.81. The molecule has 0 bridgehead atoms. The van der Waals surface area contributed by atoms with Gasteiger partial charge >= 0.3 is 0 Å². The third-order valence-electron chi connectivity index (χ3n) is 2.04. The standard InChI is InChI=1S/C10H16ClN3O/c1-3-15-9-5-4-7(6-8(9)11)10(13-2)14-12/h4-6,10,13-14H,3,12H2,1-2H3. The molecule has 0 fully saturated rings.